The Hall–Kier alpha value is -1.02. The van der Waals surface area contributed by atoms with Crippen molar-refractivity contribution in [2.45, 2.75) is 53.1 Å². The average Bonchev–Trinajstić information content (AvgIpc) is 2.26. The van der Waals surface area contributed by atoms with Crippen molar-refractivity contribution in [1.82, 2.24) is 5.32 Å². The van der Waals surface area contributed by atoms with E-state index in [2.05, 4.69) is 52.1 Å². The highest BCUT2D eigenvalue weighted by atomic mass is 16.5. The average molecular weight is 235 g/mol. The van der Waals surface area contributed by atoms with Gasteiger partial charge in [0.1, 0.15) is 5.75 Å². The van der Waals surface area contributed by atoms with Crippen molar-refractivity contribution in [3.63, 3.8) is 0 Å². The van der Waals surface area contributed by atoms with Crippen LogP contribution >= 0.6 is 0 Å². The summed E-state index contributed by atoms with van der Waals surface area (Å²) in [4.78, 5) is 0. The zero-order chi connectivity index (χ0) is 13.0. The molecule has 0 fully saturated rings. The molecular weight excluding hydrogens is 210 g/mol. The van der Waals surface area contributed by atoms with Gasteiger partial charge in [-0.3, -0.25) is 0 Å². The lowest BCUT2D eigenvalue weighted by atomic mass is 9.96. The largest absolute Gasteiger partial charge is 0.496 e. The first-order valence-corrected chi connectivity index (χ1v) is 6.36. The van der Waals surface area contributed by atoms with E-state index in [0.29, 0.717) is 12.0 Å². The first kappa shape index (κ1) is 14.0. The number of aryl methyl sites for hydroxylation is 1. The van der Waals surface area contributed by atoms with Gasteiger partial charge >= 0.3 is 0 Å². The third-order valence-corrected chi connectivity index (χ3v) is 3.01. The molecule has 17 heavy (non-hydrogen) atoms. The summed E-state index contributed by atoms with van der Waals surface area (Å²) in [6.07, 6.45) is 0. The summed E-state index contributed by atoms with van der Waals surface area (Å²) in [6, 6.07) is 4.93. The van der Waals surface area contributed by atoms with E-state index in [1.54, 1.807) is 7.11 Å². The van der Waals surface area contributed by atoms with Crippen molar-refractivity contribution in [2.75, 3.05) is 7.11 Å². The van der Waals surface area contributed by atoms with Crippen LogP contribution in [0.15, 0.2) is 12.1 Å². The predicted octanol–water partition coefficient (Wildman–Crippen LogP) is 3.63. The molecule has 1 aromatic carbocycles. The molecule has 2 nitrogen and oxygen atoms in total. The fourth-order valence-corrected chi connectivity index (χ4v) is 1.88. The smallest absolute Gasteiger partial charge is 0.122 e. The molecule has 0 saturated heterocycles. The number of methoxy groups -OCH3 is 1. The van der Waals surface area contributed by atoms with Gasteiger partial charge in [-0.2, -0.15) is 0 Å². The maximum absolute atomic E-state index is 5.45. The van der Waals surface area contributed by atoms with Crippen molar-refractivity contribution < 1.29 is 4.74 Å². The van der Waals surface area contributed by atoms with E-state index < -0.39 is 0 Å². The van der Waals surface area contributed by atoms with Crippen LogP contribution < -0.4 is 10.1 Å². The zero-order valence-corrected chi connectivity index (χ0v) is 11.9. The molecule has 0 spiro atoms. The summed E-state index contributed by atoms with van der Waals surface area (Å²) >= 11 is 0. The van der Waals surface area contributed by atoms with Gasteiger partial charge in [0, 0.05) is 12.6 Å². The SMILES string of the molecule is COc1cc(C)c(CNC(C)C)cc1C(C)C. The van der Waals surface area contributed by atoms with E-state index in [0.717, 1.165) is 12.3 Å². The summed E-state index contributed by atoms with van der Waals surface area (Å²) in [6.45, 7) is 11.8. The number of hydrogen-bond acceptors (Lipinski definition) is 2. The summed E-state index contributed by atoms with van der Waals surface area (Å²) in [7, 11) is 1.74. The molecule has 1 aromatic rings. The van der Waals surface area contributed by atoms with E-state index in [4.69, 9.17) is 4.74 Å². The molecule has 1 rings (SSSR count). The monoisotopic (exact) mass is 235 g/mol. The molecule has 0 saturated carbocycles. The maximum Gasteiger partial charge on any atom is 0.122 e. The molecule has 0 bridgehead atoms. The number of benzene rings is 1. The Morgan fingerprint density at radius 2 is 1.82 bits per heavy atom. The van der Waals surface area contributed by atoms with Gasteiger partial charge in [-0.1, -0.05) is 33.8 Å². The molecular formula is C15H25NO. The standard InChI is InChI=1S/C15H25NO/c1-10(2)14-8-13(9-16-11(3)4)12(5)7-15(14)17-6/h7-8,10-11,16H,9H2,1-6H3. The van der Waals surface area contributed by atoms with Crippen LogP contribution in [-0.4, -0.2) is 13.2 Å². The van der Waals surface area contributed by atoms with Crippen LogP contribution in [0.25, 0.3) is 0 Å². The van der Waals surface area contributed by atoms with Gasteiger partial charge in [0.05, 0.1) is 7.11 Å². The van der Waals surface area contributed by atoms with Crippen LogP contribution in [0.2, 0.25) is 0 Å². The summed E-state index contributed by atoms with van der Waals surface area (Å²) in [5, 5.41) is 3.47. The molecule has 0 heterocycles. The molecule has 0 amide bonds. The molecule has 2 heteroatoms. The van der Waals surface area contributed by atoms with Crippen LogP contribution in [0.4, 0.5) is 0 Å². The van der Waals surface area contributed by atoms with E-state index >= 15 is 0 Å². The molecule has 1 N–H and O–H groups in total. The van der Waals surface area contributed by atoms with Crippen LogP contribution in [-0.2, 0) is 6.54 Å². The van der Waals surface area contributed by atoms with Gasteiger partial charge < -0.3 is 10.1 Å². The Kier molecular flexibility index (Phi) is 5.01. The lowest BCUT2D eigenvalue weighted by Gasteiger charge is -2.17. The number of hydrogen-bond donors (Lipinski definition) is 1. The van der Waals surface area contributed by atoms with Gasteiger partial charge in [0.2, 0.25) is 0 Å². The fraction of sp³-hybridized carbons (Fsp3) is 0.600. The highest BCUT2D eigenvalue weighted by molar-refractivity contribution is 5.43. The first-order valence-electron chi connectivity index (χ1n) is 6.36. The minimum atomic E-state index is 0.489. The van der Waals surface area contributed by atoms with Crippen LogP contribution in [0.1, 0.15) is 50.3 Å². The molecule has 0 atom stereocenters. The highest BCUT2D eigenvalue weighted by Crippen LogP contribution is 2.29. The molecule has 0 radical (unpaired) electrons. The molecule has 0 aliphatic rings. The summed E-state index contributed by atoms with van der Waals surface area (Å²) in [5.41, 5.74) is 3.95. The van der Waals surface area contributed by atoms with Crippen molar-refractivity contribution in [1.29, 1.82) is 0 Å². The normalized spacial score (nSPS) is 11.3. The lowest BCUT2D eigenvalue weighted by Crippen LogP contribution is -2.22. The Morgan fingerprint density at radius 3 is 2.29 bits per heavy atom. The van der Waals surface area contributed by atoms with Gasteiger partial charge in [-0.25, -0.2) is 0 Å². The van der Waals surface area contributed by atoms with Gasteiger partial charge in [0.15, 0.2) is 0 Å². The molecule has 0 aromatic heterocycles. The van der Waals surface area contributed by atoms with Crippen LogP contribution in [0, 0.1) is 6.92 Å². The number of nitrogens with one attached hydrogen (secondary N) is 1. The molecule has 96 valence electrons. The van der Waals surface area contributed by atoms with Gasteiger partial charge in [0.25, 0.3) is 0 Å². The number of ether oxygens (including phenoxy) is 1. The molecule has 0 aliphatic carbocycles. The number of rotatable bonds is 5. The van der Waals surface area contributed by atoms with Crippen LogP contribution in [0.3, 0.4) is 0 Å². The molecule has 0 unspecified atom stereocenters. The van der Waals surface area contributed by atoms with Gasteiger partial charge in [-0.05, 0) is 35.6 Å². The van der Waals surface area contributed by atoms with E-state index in [9.17, 15) is 0 Å². The quantitative estimate of drug-likeness (QED) is 0.841. The lowest BCUT2D eigenvalue weighted by molar-refractivity contribution is 0.407. The zero-order valence-electron chi connectivity index (χ0n) is 11.9. The second-order valence-electron chi connectivity index (χ2n) is 5.21. The fourth-order valence-electron chi connectivity index (χ4n) is 1.88. The van der Waals surface area contributed by atoms with Crippen molar-refractivity contribution in [3.8, 4) is 5.75 Å². The Labute approximate surface area is 105 Å². The third-order valence-electron chi connectivity index (χ3n) is 3.01. The second-order valence-corrected chi connectivity index (χ2v) is 5.21. The Balaban J connectivity index is 3.02. The summed E-state index contributed by atoms with van der Waals surface area (Å²) < 4.78 is 5.45. The van der Waals surface area contributed by atoms with Crippen molar-refractivity contribution in [2.24, 2.45) is 0 Å². The predicted molar refractivity (Wildman–Crippen MR) is 73.8 cm³/mol. The molecule has 0 aliphatic heterocycles. The van der Waals surface area contributed by atoms with Crippen molar-refractivity contribution >= 4 is 0 Å². The second kappa shape index (κ2) is 6.06. The Bertz CT molecular complexity index is 369. The summed E-state index contributed by atoms with van der Waals surface area (Å²) in [5.74, 6) is 1.49. The minimum absolute atomic E-state index is 0.489. The van der Waals surface area contributed by atoms with E-state index in [1.165, 1.54) is 16.7 Å². The highest BCUT2D eigenvalue weighted by Gasteiger charge is 2.11. The minimum Gasteiger partial charge on any atom is -0.496 e. The first-order chi connectivity index (χ1) is 7.95. The van der Waals surface area contributed by atoms with E-state index in [1.807, 2.05) is 0 Å². The van der Waals surface area contributed by atoms with Crippen molar-refractivity contribution in [3.05, 3.63) is 28.8 Å². The maximum atomic E-state index is 5.45. The third kappa shape index (κ3) is 3.74. The topological polar surface area (TPSA) is 21.3 Å². The van der Waals surface area contributed by atoms with E-state index in [-0.39, 0.29) is 0 Å². The van der Waals surface area contributed by atoms with Crippen LogP contribution in [0.5, 0.6) is 5.75 Å². The Morgan fingerprint density at radius 1 is 1.18 bits per heavy atom. The van der Waals surface area contributed by atoms with Gasteiger partial charge in [-0.15, -0.1) is 0 Å².